The molecule has 0 amide bonds. The third-order valence-corrected chi connectivity index (χ3v) is 3.13. The van der Waals surface area contributed by atoms with Gasteiger partial charge in [-0.3, -0.25) is 0 Å². The van der Waals surface area contributed by atoms with Crippen molar-refractivity contribution in [2.75, 3.05) is 0 Å². The van der Waals surface area contributed by atoms with Gasteiger partial charge in [0.1, 0.15) is 0 Å². The van der Waals surface area contributed by atoms with Crippen LogP contribution >= 0.6 is 20.4 Å². The molecule has 3 nitrogen and oxygen atoms in total. The summed E-state index contributed by atoms with van der Waals surface area (Å²) in [5.74, 6) is 0. The topological polar surface area (TPSA) is 32.7 Å². The van der Waals surface area contributed by atoms with Crippen LogP contribution in [-0.2, 0) is 4.08 Å². The average molecular weight is 200 g/mol. The fourth-order valence-corrected chi connectivity index (χ4v) is 2.10. The number of hydrogen-bond donors (Lipinski definition) is 1. The minimum atomic E-state index is -1.62. The van der Waals surface area contributed by atoms with Crippen molar-refractivity contribution < 1.29 is 8.97 Å². The van der Waals surface area contributed by atoms with Gasteiger partial charge in [-0.15, -0.1) is 0 Å². The summed E-state index contributed by atoms with van der Waals surface area (Å²) in [6.07, 6.45) is 0. The Morgan fingerprint density at radius 3 is 1.73 bits per heavy atom. The SMILES string of the molecule is CC(C)N(C(C)C)P(O)OCl. The van der Waals surface area contributed by atoms with Gasteiger partial charge in [-0.1, -0.05) is 0 Å². The number of nitrogens with zero attached hydrogens (tertiary/aromatic N) is 1. The maximum atomic E-state index is 9.30. The summed E-state index contributed by atoms with van der Waals surface area (Å²) in [4.78, 5) is 9.30. The first-order chi connectivity index (χ1) is 5.00. The van der Waals surface area contributed by atoms with Gasteiger partial charge >= 0.3 is 0 Å². The number of halogens is 1. The van der Waals surface area contributed by atoms with Gasteiger partial charge < -0.3 is 4.89 Å². The van der Waals surface area contributed by atoms with Crippen LogP contribution in [0.25, 0.3) is 0 Å². The van der Waals surface area contributed by atoms with Crippen molar-refractivity contribution in [3.8, 4) is 0 Å². The van der Waals surface area contributed by atoms with Gasteiger partial charge in [0.15, 0.2) is 0 Å². The van der Waals surface area contributed by atoms with E-state index in [0.717, 1.165) is 0 Å². The summed E-state index contributed by atoms with van der Waals surface area (Å²) >= 11 is 5.07. The Hall–Kier alpha value is 0.600. The molecule has 0 aliphatic heterocycles. The fourth-order valence-electron chi connectivity index (χ4n) is 1.03. The lowest BCUT2D eigenvalue weighted by Gasteiger charge is -2.30. The predicted molar refractivity (Wildman–Crippen MR) is 48.2 cm³/mol. The van der Waals surface area contributed by atoms with Crippen molar-refractivity contribution in [2.45, 2.75) is 39.8 Å². The van der Waals surface area contributed by atoms with Gasteiger partial charge in [0, 0.05) is 12.1 Å². The van der Waals surface area contributed by atoms with Crippen LogP contribution < -0.4 is 0 Å². The van der Waals surface area contributed by atoms with Crippen molar-refractivity contribution in [2.24, 2.45) is 0 Å². The molecule has 68 valence electrons. The molecule has 0 fully saturated rings. The Kier molecular flexibility index (Phi) is 5.57. The number of hydrogen-bond acceptors (Lipinski definition) is 3. The van der Waals surface area contributed by atoms with Gasteiger partial charge in [-0.2, -0.15) is 0 Å². The first-order valence-corrected chi connectivity index (χ1v) is 5.04. The second-order valence-corrected chi connectivity index (χ2v) is 4.41. The highest BCUT2D eigenvalue weighted by Gasteiger charge is 2.23. The molecule has 0 bridgehead atoms. The maximum Gasteiger partial charge on any atom is 0.274 e. The van der Waals surface area contributed by atoms with Crippen LogP contribution in [0.4, 0.5) is 0 Å². The molecule has 0 spiro atoms. The van der Waals surface area contributed by atoms with Crippen molar-refractivity contribution in [1.29, 1.82) is 0 Å². The minimum Gasteiger partial charge on any atom is -0.337 e. The molecule has 1 N–H and O–H groups in total. The molecule has 1 atom stereocenters. The first kappa shape index (κ1) is 11.6. The molecule has 0 aliphatic rings. The van der Waals surface area contributed by atoms with E-state index in [0.29, 0.717) is 0 Å². The molecule has 0 aromatic rings. The van der Waals surface area contributed by atoms with E-state index in [9.17, 15) is 4.89 Å². The predicted octanol–water partition coefficient (Wildman–Crippen LogP) is 2.49. The Morgan fingerprint density at radius 2 is 1.64 bits per heavy atom. The van der Waals surface area contributed by atoms with Gasteiger partial charge in [-0.05, 0) is 27.7 Å². The highest BCUT2D eigenvalue weighted by molar-refractivity contribution is 7.44. The molecule has 0 aromatic carbocycles. The van der Waals surface area contributed by atoms with Crippen molar-refractivity contribution in [1.82, 2.24) is 4.67 Å². The molecule has 0 heterocycles. The fraction of sp³-hybridized carbons (Fsp3) is 1.00. The first-order valence-electron chi connectivity index (χ1n) is 3.56. The van der Waals surface area contributed by atoms with E-state index in [1.54, 1.807) is 0 Å². The average Bonchev–Trinajstić information content (AvgIpc) is 1.85. The molecular weight excluding hydrogens is 184 g/mol. The van der Waals surface area contributed by atoms with Crippen LogP contribution in [0.15, 0.2) is 0 Å². The normalized spacial score (nSPS) is 15.0. The summed E-state index contributed by atoms with van der Waals surface area (Å²) in [6.45, 7) is 7.95. The van der Waals surface area contributed by atoms with E-state index in [-0.39, 0.29) is 12.1 Å². The third-order valence-electron chi connectivity index (χ3n) is 1.32. The van der Waals surface area contributed by atoms with Crippen LogP contribution in [0.5, 0.6) is 0 Å². The standard InChI is InChI=1S/C6H15ClNO2P/c1-5(2)8(6(3)4)11(9)10-7/h5-6,9H,1-4H3. The molecule has 0 aromatic heterocycles. The highest BCUT2D eigenvalue weighted by Crippen LogP contribution is 2.41. The molecule has 11 heavy (non-hydrogen) atoms. The van der Waals surface area contributed by atoms with E-state index >= 15 is 0 Å². The van der Waals surface area contributed by atoms with Crippen LogP contribution in [0.1, 0.15) is 27.7 Å². The smallest absolute Gasteiger partial charge is 0.274 e. The molecule has 5 heteroatoms. The zero-order chi connectivity index (χ0) is 9.02. The Morgan fingerprint density at radius 1 is 1.27 bits per heavy atom. The van der Waals surface area contributed by atoms with E-state index in [4.69, 9.17) is 11.9 Å². The summed E-state index contributed by atoms with van der Waals surface area (Å²) in [5.41, 5.74) is 0. The lowest BCUT2D eigenvalue weighted by Crippen LogP contribution is -2.32. The Bertz CT molecular complexity index is 105. The lowest BCUT2D eigenvalue weighted by atomic mass is 10.3. The third kappa shape index (κ3) is 3.68. The quantitative estimate of drug-likeness (QED) is 0.707. The highest BCUT2D eigenvalue weighted by atomic mass is 35.5. The van der Waals surface area contributed by atoms with Crippen molar-refractivity contribution >= 4 is 20.4 Å². The maximum absolute atomic E-state index is 9.30. The molecule has 0 saturated carbocycles. The molecule has 0 radical (unpaired) electrons. The largest absolute Gasteiger partial charge is 0.337 e. The summed E-state index contributed by atoms with van der Waals surface area (Å²) < 4.78 is 6.18. The molecular formula is C6H15ClNO2P. The van der Waals surface area contributed by atoms with Crippen LogP contribution in [0, 0.1) is 0 Å². The Labute approximate surface area is 74.4 Å². The number of rotatable bonds is 4. The minimum absolute atomic E-state index is 0.241. The van der Waals surface area contributed by atoms with Crippen LogP contribution in [0.2, 0.25) is 0 Å². The molecule has 0 aliphatic carbocycles. The van der Waals surface area contributed by atoms with Crippen molar-refractivity contribution in [3.63, 3.8) is 0 Å². The van der Waals surface area contributed by atoms with Gasteiger partial charge in [0.05, 0.1) is 11.9 Å². The van der Waals surface area contributed by atoms with Gasteiger partial charge in [0.25, 0.3) is 8.53 Å². The van der Waals surface area contributed by atoms with E-state index in [2.05, 4.69) is 4.08 Å². The van der Waals surface area contributed by atoms with Gasteiger partial charge in [0.2, 0.25) is 0 Å². The molecule has 1 unspecified atom stereocenters. The second-order valence-electron chi connectivity index (χ2n) is 2.89. The van der Waals surface area contributed by atoms with E-state index in [1.807, 2.05) is 32.4 Å². The van der Waals surface area contributed by atoms with Gasteiger partial charge in [-0.25, -0.2) is 8.75 Å². The zero-order valence-electron chi connectivity index (χ0n) is 7.28. The lowest BCUT2D eigenvalue weighted by molar-refractivity contribution is 0.267. The zero-order valence-corrected chi connectivity index (χ0v) is 8.93. The monoisotopic (exact) mass is 199 g/mol. The van der Waals surface area contributed by atoms with Crippen molar-refractivity contribution in [3.05, 3.63) is 0 Å². The van der Waals surface area contributed by atoms with E-state index < -0.39 is 8.53 Å². The summed E-state index contributed by atoms with van der Waals surface area (Å²) in [6, 6.07) is 0.481. The van der Waals surface area contributed by atoms with E-state index in [1.165, 1.54) is 0 Å². The van der Waals surface area contributed by atoms with Crippen LogP contribution in [0.3, 0.4) is 0 Å². The summed E-state index contributed by atoms with van der Waals surface area (Å²) in [7, 11) is -1.62. The molecule has 0 rings (SSSR count). The molecule has 0 saturated heterocycles. The second kappa shape index (κ2) is 5.28. The van der Waals surface area contributed by atoms with Crippen LogP contribution in [-0.4, -0.2) is 21.6 Å². The Balaban J connectivity index is 4.09. The summed E-state index contributed by atoms with van der Waals surface area (Å²) in [5, 5.41) is 0.